The maximum Gasteiger partial charge on any atom is 0.221 e. The zero-order chi connectivity index (χ0) is 16.0. The molecule has 0 aromatic heterocycles. The van der Waals surface area contributed by atoms with Crippen LogP contribution >= 0.6 is 11.6 Å². The van der Waals surface area contributed by atoms with E-state index in [2.05, 4.69) is 17.1 Å². The average molecular weight is 325 g/mol. The summed E-state index contributed by atoms with van der Waals surface area (Å²) < 4.78 is 0. The highest BCUT2D eigenvalue weighted by Crippen LogP contribution is 2.28. The first-order valence-electron chi connectivity index (χ1n) is 7.86. The van der Waals surface area contributed by atoms with Crippen molar-refractivity contribution in [2.45, 2.75) is 32.7 Å². The molecule has 22 heavy (non-hydrogen) atoms. The van der Waals surface area contributed by atoms with Crippen LogP contribution in [0.4, 0.5) is 0 Å². The summed E-state index contributed by atoms with van der Waals surface area (Å²) in [7, 11) is 0. The van der Waals surface area contributed by atoms with E-state index in [1.165, 1.54) is 0 Å². The predicted molar refractivity (Wildman–Crippen MR) is 88.8 cm³/mol. The Morgan fingerprint density at radius 3 is 2.95 bits per heavy atom. The number of nitrogens with zero attached hydrogens (tertiary/aromatic N) is 1. The van der Waals surface area contributed by atoms with Gasteiger partial charge in [-0.3, -0.25) is 4.79 Å². The molecule has 4 nitrogen and oxygen atoms in total. The molecule has 1 atom stereocenters. The second kappa shape index (κ2) is 7.95. The van der Waals surface area contributed by atoms with Crippen LogP contribution in [-0.2, 0) is 11.3 Å². The number of nitrogens with one attached hydrogen (secondary N) is 1. The van der Waals surface area contributed by atoms with E-state index >= 15 is 0 Å². The largest absolute Gasteiger partial charge is 0.396 e. The maximum atomic E-state index is 12.0. The number of likely N-dealkylation sites (tertiary alicyclic amines) is 1. The highest BCUT2D eigenvalue weighted by Gasteiger charge is 2.30. The second-order valence-corrected chi connectivity index (χ2v) is 6.87. The Balaban J connectivity index is 1.73. The molecule has 2 N–H and O–H groups in total. The molecule has 1 aliphatic rings. The minimum atomic E-state index is -0.0215. The van der Waals surface area contributed by atoms with E-state index in [1.54, 1.807) is 0 Å². The SMILES string of the molecule is CC1(CO)CCCN(CCC(=O)NCc2ccccc2Cl)C1. The number of carbonyl (C=O) groups excluding carboxylic acids is 1. The third kappa shape index (κ3) is 4.97. The summed E-state index contributed by atoms with van der Waals surface area (Å²) in [5, 5.41) is 13.1. The fourth-order valence-electron chi connectivity index (χ4n) is 2.93. The standard InChI is InChI=1S/C17H25ClN2O2/c1-17(13-21)8-4-9-20(12-17)10-7-16(22)19-11-14-5-2-3-6-15(14)18/h2-3,5-6,21H,4,7-13H2,1H3,(H,19,22). The fraction of sp³-hybridized carbons (Fsp3) is 0.588. The van der Waals surface area contributed by atoms with Crippen LogP contribution in [0, 0.1) is 5.41 Å². The molecule has 1 unspecified atom stereocenters. The molecule has 1 aromatic carbocycles. The van der Waals surface area contributed by atoms with Gasteiger partial charge in [0.1, 0.15) is 0 Å². The lowest BCUT2D eigenvalue weighted by molar-refractivity contribution is -0.121. The smallest absolute Gasteiger partial charge is 0.221 e. The van der Waals surface area contributed by atoms with Crippen LogP contribution in [0.2, 0.25) is 5.02 Å². The Labute approximate surface area is 137 Å². The van der Waals surface area contributed by atoms with Crippen molar-refractivity contribution in [3.8, 4) is 0 Å². The van der Waals surface area contributed by atoms with E-state index < -0.39 is 0 Å². The van der Waals surface area contributed by atoms with Crippen molar-refractivity contribution in [1.29, 1.82) is 0 Å². The van der Waals surface area contributed by atoms with Gasteiger partial charge in [0.25, 0.3) is 0 Å². The second-order valence-electron chi connectivity index (χ2n) is 6.47. The minimum absolute atomic E-state index is 0.0215. The molecule has 5 heteroatoms. The van der Waals surface area contributed by atoms with E-state index in [-0.39, 0.29) is 17.9 Å². The molecule has 0 radical (unpaired) electrons. The van der Waals surface area contributed by atoms with Gasteiger partial charge in [-0.1, -0.05) is 36.7 Å². The summed E-state index contributed by atoms with van der Waals surface area (Å²) in [4.78, 5) is 14.2. The Morgan fingerprint density at radius 2 is 2.23 bits per heavy atom. The molecular weight excluding hydrogens is 300 g/mol. The summed E-state index contributed by atoms with van der Waals surface area (Å²) in [6, 6.07) is 7.53. The number of halogens is 1. The third-order valence-electron chi connectivity index (χ3n) is 4.33. The molecule has 122 valence electrons. The lowest BCUT2D eigenvalue weighted by Crippen LogP contribution is -2.44. The number of aliphatic hydroxyl groups excluding tert-OH is 1. The minimum Gasteiger partial charge on any atom is -0.396 e. The van der Waals surface area contributed by atoms with Crippen molar-refractivity contribution in [2.24, 2.45) is 5.41 Å². The summed E-state index contributed by atoms with van der Waals surface area (Å²) in [6.45, 7) is 5.39. The van der Waals surface area contributed by atoms with Gasteiger partial charge in [0.2, 0.25) is 5.91 Å². The monoisotopic (exact) mass is 324 g/mol. The fourth-order valence-corrected chi connectivity index (χ4v) is 3.13. The summed E-state index contributed by atoms with van der Waals surface area (Å²) >= 11 is 6.07. The van der Waals surface area contributed by atoms with Gasteiger partial charge in [-0.2, -0.15) is 0 Å². The van der Waals surface area contributed by atoms with Gasteiger partial charge >= 0.3 is 0 Å². The van der Waals surface area contributed by atoms with Crippen LogP contribution in [0.1, 0.15) is 31.7 Å². The van der Waals surface area contributed by atoms with Crippen molar-refractivity contribution in [3.05, 3.63) is 34.9 Å². The van der Waals surface area contributed by atoms with Crippen molar-refractivity contribution in [3.63, 3.8) is 0 Å². The molecule has 1 heterocycles. The highest BCUT2D eigenvalue weighted by atomic mass is 35.5. The molecule has 1 aromatic rings. The quantitative estimate of drug-likeness (QED) is 0.845. The molecule has 1 fully saturated rings. The van der Waals surface area contributed by atoms with E-state index in [1.807, 2.05) is 24.3 Å². The number of aliphatic hydroxyl groups is 1. The third-order valence-corrected chi connectivity index (χ3v) is 4.70. The van der Waals surface area contributed by atoms with Crippen LogP contribution in [0.3, 0.4) is 0 Å². The highest BCUT2D eigenvalue weighted by molar-refractivity contribution is 6.31. The number of rotatable bonds is 6. The molecular formula is C17H25ClN2O2. The first kappa shape index (κ1) is 17.3. The summed E-state index contributed by atoms with van der Waals surface area (Å²) in [5.74, 6) is 0.0381. The lowest BCUT2D eigenvalue weighted by Gasteiger charge is -2.39. The Kier molecular flexibility index (Phi) is 6.24. The van der Waals surface area contributed by atoms with Crippen LogP contribution in [0.15, 0.2) is 24.3 Å². The molecule has 1 amide bonds. The van der Waals surface area contributed by atoms with E-state index in [0.29, 0.717) is 18.0 Å². The van der Waals surface area contributed by atoms with Crippen molar-refractivity contribution < 1.29 is 9.90 Å². The number of carbonyl (C=O) groups is 1. The predicted octanol–water partition coefficient (Wildman–Crippen LogP) is 2.44. The van der Waals surface area contributed by atoms with E-state index in [9.17, 15) is 9.90 Å². The molecule has 2 rings (SSSR count). The Bertz CT molecular complexity index is 509. The van der Waals surface area contributed by atoms with Gasteiger partial charge in [-0.25, -0.2) is 0 Å². The van der Waals surface area contributed by atoms with Gasteiger partial charge in [-0.15, -0.1) is 0 Å². The van der Waals surface area contributed by atoms with Crippen LogP contribution in [0.5, 0.6) is 0 Å². The summed E-state index contributed by atoms with van der Waals surface area (Å²) in [5.41, 5.74) is 0.912. The molecule has 0 saturated carbocycles. The zero-order valence-corrected chi connectivity index (χ0v) is 13.9. The normalized spacial score (nSPS) is 22.5. The van der Waals surface area contributed by atoms with E-state index in [4.69, 9.17) is 11.6 Å². The number of piperidine rings is 1. The van der Waals surface area contributed by atoms with Crippen molar-refractivity contribution in [1.82, 2.24) is 10.2 Å². The Morgan fingerprint density at radius 1 is 1.45 bits per heavy atom. The van der Waals surface area contributed by atoms with Crippen LogP contribution in [-0.4, -0.2) is 42.2 Å². The topological polar surface area (TPSA) is 52.6 Å². The molecule has 0 spiro atoms. The van der Waals surface area contributed by atoms with Gasteiger partial charge in [0, 0.05) is 43.1 Å². The van der Waals surface area contributed by atoms with Crippen LogP contribution in [0.25, 0.3) is 0 Å². The van der Waals surface area contributed by atoms with Crippen molar-refractivity contribution >= 4 is 17.5 Å². The summed E-state index contributed by atoms with van der Waals surface area (Å²) in [6.07, 6.45) is 2.61. The zero-order valence-electron chi connectivity index (χ0n) is 13.1. The molecule has 1 saturated heterocycles. The number of amides is 1. The lowest BCUT2D eigenvalue weighted by atomic mass is 9.83. The van der Waals surface area contributed by atoms with Gasteiger partial charge < -0.3 is 15.3 Å². The average Bonchev–Trinajstić information content (AvgIpc) is 2.52. The van der Waals surface area contributed by atoms with Gasteiger partial charge in [-0.05, 0) is 31.0 Å². The van der Waals surface area contributed by atoms with Gasteiger partial charge in [0.15, 0.2) is 0 Å². The maximum absolute atomic E-state index is 12.0. The number of hydrogen-bond donors (Lipinski definition) is 2. The first-order valence-corrected chi connectivity index (χ1v) is 8.23. The van der Waals surface area contributed by atoms with E-state index in [0.717, 1.165) is 38.0 Å². The molecule has 1 aliphatic heterocycles. The van der Waals surface area contributed by atoms with Gasteiger partial charge in [0.05, 0.1) is 0 Å². The molecule has 0 bridgehead atoms. The number of benzene rings is 1. The Hall–Kier alpha value is -1.10. The van der Waals surface area contributed by atoms with Crippen LogP contribution < -0.4 is 5.32 Å². The van der Waals surface area contributed by atoms with Crippen molar-refractivity contribution in [2.75, 3.05) is 26.2 Å². The number of hydrogen-bond acceptors (Lipinski definition) is 3. The first-order chi connectivity index (χ1) is 10.5. The molecule has 0 aliphatic carbocycles.